The van der Waals surface area contributed by atoms with Gasteiger partial charge in [0.25, 0.3) is 17.7 Å². The zero-order valence-electron chi connectivity index (χ0n) is 17.3. The second kappa shape index (κ2) is 8.70. The number of carbonyl (C=O) groups is 2. The molecule has 1 fully saturated rings. The number of hydrogen-bond acceptors (Lipinski definition) is 7. The first-order valence-electron chi connectivity index (χ1n) is 10.6. The third kappa shape index (κ3) is 4.14. The molecular formula is C23H22N4O5. The minimum atomic E-state index is -0.270. The highest BCUT2D eigenvalue weighted by Gasteiger charge is 2.32. The van der Waals surface area contributed by atoms with Gasteiger partial charge in [-0.2, -0.15) is 4.98 Å². The minimum absolute atomic E-state index is 0.00339. The van der Waals surface area contributed by atoms with E-state index in [1.807, 2.05) is 30.3 Å². The van der Waals surface area contributed by atoms with Crippen LogP contribution < -0.4 is 14.8 Å². The number of carbonyl (C=O) groups excluding carboxylic acids is 2. The Kier molecular flexibility index (Phi) is 5.45. The Morgan fingerprint density at radius 3 is 2.94 bits per heavy atom. The Hall–Kier alpha value is -3.88. The number of amides is 2. The summed E-state index contributed by atoms with van der Waals surface area (Å²) in [7, 11) is 0. The molecule has 9 heteroatoms. The van der Waals surface area contributed by atoms with E-state index in [2.05, 4.69) is 15.5 Å². The molecule has 3 aromatic rings. The number of nitrogens with zero attached hydrogens (tertiary/aromatic N) is 3. The molecule has 32 heavy (non-hydrogen) atoms. The predicted octanol–water partition coefficient (Wildman–Crippen LogP) is 3.20. The summed E-state index contributed by atoms with van der Waals surface area (Å²) < 4.78 is 16.5. The lowest BCUT2D eigenvalue weighted by molar-refractivity contribution is -0.137. The van der Waals surface area contributed by atoms with Gasteiger partial charge >= 0.3 is 0 Å². The van der Waals surface area contributed by atoms with E-state index in [0.717, 1.165) is 19.3 Å². The Morgan fingerprint density at radius 1 is 1.19 bits per heavy atom. The van der Waals surface area contributed by atoms with Crippen molar-refractivity contribution >= 4 is 17.5 Å². The molecule has 0 radical (unpaired) electrons. The van der Waals surface area contributed by atoms with Crippen molar-refractivity contribution in [1.29, 1.82) is 0 Å². The lowest BCUT2D eigenvalue weighted by atomic mass is 10.0. The quantitative estimate of drug-likeness (QED) is 0.657. The third-order valence-electron chi connectivity index (χ3n) is 5.53. The van der Waals surface area contributed by atoms with Crippen LogP contribution in [-0.2, 0) is 9.59 Å². The van der Waals surface area contributed by atoms with Crippen LogP contribution in [0.25, 0.3) is 11.5 Å². The maximum Gasteiger partial charge on any atom is 0.262 e. The molecule has 0 bridgehead atoms. The topological polar surface area (TPSA) is 107 Å². The summed E-state index contributed by atoms with van der Waals surface area (Å²) in [6, 6.07) is 14.3. The monoisotopic (exact) mass is 434 g/mol. The van der Waals surface area contributed by atoms with Crippen LogP contribution >= 0.6 is 0 Å². The first kappa shape index (κ1) is 20.0. The lowest BCUT2D eigenvalue weighted by Crippen LogP contribution is -2.41. The maximum atomic E-state index is 12.9. The first-order chi connectivity index (χ1) is 15.7. The van der Waals surface area contributed by atoms with Crippen LogP contribution in [0, 0.1) is 0 Å². The largest absolute Gasteiger partial charge is 0.484 e. The van der Waals surface area contributed by atoms with Gasteiger partial charge in [0.05, 0.1) is 11.7 Å². The molecule has 1 saturated heterocycles. The molecule has 2 amide bonds. The summed E-state index contributed by atoms with van der Waals surface area (Å²) in [6.45, 7) is 0.570. The van der Waals surface area contributed by atoms with Crippen molar-refractivity contribution in [3.05, 3.63) is 54.4 Å². The summed E-state index contributed by atoms with van der Waals surface area (Å²) in [5.41, 5.74) is 1.22. The highest BCUT2D eigenvalue weighted by atomic mass is 16.5. The molecule has 164 valence electrons. The number of piperidine rings is 1. The standard InChI is InChI=1S/C23H22N4O5/c28-20-13-31-19-10-9-15(12-17(19)24-20)23-25-22(26-32-23)18-8-4-5-11-27(18)21(29)14-30-16-6-2-1-3-7-16/h1-3,6-7,9-10,12,18H,4-5,8,11,13-14H2,(H,24,28). The Morgan fingerprint density at radius 2 is 2.06 bits per heavy atom. The molecule has 0 saturated carbocycles. The Bertz CT molecular complexity index is 1130. The van der Waals surface area contributed by atoms with Crippen LogP contribution in [0.3, 0.4) is 0 Å². The second-order valence-electron chi connectivity index (χ2n) is 7.71. The number of ether oxygens (including phenoxy) is 2. The Labute approximate surface area is 184 Å². The Balaban J connectivity index is 1.32. The summed E-state index contributed by atoms with van der Waals surface area (Å²) in [5.74, 6) is 1.70. The summed E-state index contributed by atoms with van der Waals surface area (Å²) in [4.78, 5) is 30.8. The fraction of sp³-hybridized carbons (Fsp3) is 0.304. The van der Waals surface area contributed by atoms with Crippen LogP contribution in [0.1, 0.15) is 31.1 Å². The van der Waals surface area contributed by atoms with Gasteiger partial charge in [-0.3, -0.25) is 9.59 Å². The molecule has 2 aliphatic heterocycles. The molecule has 3 heterocycles. The summed E-state index contributed by atoms with van der Waals surface area (Å²) >= 11 is 0. The number of fused-ring (bicyclic) bond motifs is 1. The number of anilines is 1. The smallest absolute Gasteiger partial charge is 0.262 e. The normalized spacial score (nSPS) is 17.8. The van der Waals surface area contributed by atoms with E-state index in [1.165, 1.54) is 0 Å². The van der Waals surface area contributed by atoms with Gasteiger partial charge in [0.2, 0.25) is 0 Å². The van der Waals surface area contributed by atoms with Crippen molar-refractivity contribution < 1.29 is 23.6 Å². The van der Waals surface area contributed by atoms with Crippen molar-refractivity contribution in [2.75, 3.05) is 25.1 Å². The van der Waals surface area contributed by atoms with Crippen LogP contribution in [0.5, 0.6) is 11.5 Å². The molecule has 0 aliphatic carbocycles. The number of rotatable bonds is 5. The van der Waals surface area contributed by atoms with Gasteiger partial charge in [-0.1, -0.05) is 23.4 Å². The maximum absolute atomic E-state index is 12.9. The molecule has 2 aliphatic rings. The molecule has 9 nitrogen and oxygen atoms in total. The molecule has 2 aromatic carbocycles. The van der Waals surface area contributed by atoms with Gasteiger partial charge in [-0.15, -0.1) is 0 Å². The van der Waals surface area contributed by atoms with Gasteiger partial charge in [-0.25, -0.2) is 0 Å². The minimum Gasteiger partial charge on any atom is -0.484 e. The van der Waals surface area contributed by atoms with Crippen LogP contribution in [0.2, 0.25) is 0 Å². The molecule has 1 atom stereocenters. The van der Waals surface area contributed by atoms with Gasteiger partial charge < -0.3 is 24.2 Å². The van der Waals surface area contributed by atoms with Crippen LogP contribution in [-0.4, -0.2) is 46.6 Å². The van der Waals surface area contributed by atoms with Crippen molar-refractivity contribution in [2.24, 2.45) is 0 Å². The molecule has 1 unspecified atom stereocenters. The number of benzene rings is 2. The zero-order chi connectivity index (χ0) is 21.9. The zero-order valence-corrected chi connectivity index (χ0v) is 17.3. The lowest BCUT2D eigenvalue weighted by Gasteiger charge is -2.33. The van der Waals surface area contributed by atoms with Crippen LogP contribution in [0.15, 0.2) is 53.1 Å². The second-order valence-corrected chi connectivity index (χ2v) is 7.71. The van der Waals surface area contributed by atoms with E-state index in [1.54, 1.807) is 23.1 Å². The summed E-state index contributed by atoms with van der Waals surface area (Å²) in [5, 5.41) is 6.92. The first-order valence-corrected chi connectivity index (χ1v) is 10.6. The van der Waals surface area contributed by atoms with E-state index in [9.17, 15) is 9.59 Å². The fourth-order valence-corrected chi connectivity index (χ4v) is 3.95. The number of para-hydroxylation sites is 1. The molecule has 5 rings (SSSR count). The SMILES string of the molecule is O=C1COc2ccc(-c3nc(C4CCCCN4C(=O)COc4ccccc4)no3)cc2N1. The summed E-state index contributed by atoms with van der Waals surface area (Å²) in [6.07, 6.45) is 2.65. The number of hydrogen-bond donors (Lipinski definition) is 1. The third-order valence-corrected chi connectivity index (χ3v) is 5.53. The molecule has 0 spiro atoms. The van der Waals surface area contributed by atoms with Crippen LogP contribution in [0.4, 0.5) is 5.69 Å². The fourth-order valence-electron chi connectivity index (χ4n) is 3.95. The average Bonchev–Trinajstić information content (AvgIpc) is 3.33. The van der Waals surface area contributed by atoms with E-state index >= 15 is 0 Å². The predicted molar refractivity (Wildman–Crippen MR) is 114 cm³/mol. The number of nitrogens with one attached hydrogen (secondary N) is 1. The average molecular weight is 434 g/mol. The van der Waals surface area contributed by atoms with E-state index in [4.69, 9.17) is 14.0 Å². The number of aromatic nitrogens is 2. The molecule has 1 aromatic heterocycles. The molecule has 1 N–H and O–H groups in total. The highest BCUT2D eigenvalue weighted by Crippen LogP contribution is 2.34. The van der Waals surface area contributed by atoms with Gasteiger partial charge in [0.1, 0.15) is 11.5 Å². The van der Waals surface area contributed by atoms with Crippen molar-refractivity contribution in [1.82, 2.24) is 15.0 Å². The van der Waals surface area contributed by atoms with E-state index < -0.39 is 0 Å². The molecular weight excluding hydrogens is 412 g/mol. The van der Waals surface area contributed by atoms with Crippen molar-refractivity contribution in [3.8, 4) is 23.0 Å². The van der Waals surface area contributed by atoms with Gasteiger partial charge in [0, 0.05) is 12.1 Å². The van der Waals surface area contributed by atoms with E-state index in [-0.39, 0.29) is 31.1 Å². The van der Waals surface area contributed by atoms with Gasteiger partial charge in [-0.05, 0) is 49.6 Å². The number of likely N-dealkylation sites (tertiary alicyclic amines) is 1. The highest BCUT2D eigenvalue weighted by molar-refractivity contribution is 5.96. The van der Waals surface area contributed by atoms with Gasteiger partial charge in [0.15, 0.2) is 19.0 Å². The van der Waals surface area contributed by atoms with Crippen molar-refractivity contribution in [3.63, 3.8) is 0 Å². The van der Waals surface area contributed by atoms with Crippen molar-refractivity contribution in [2.45, 2.75) is 25.3 Å². The van der Waals surface area contributed by atoms with E-state index in [0.29, 0.717) is 41.0 Å².